The SMILES string of the molecule is CC(C)N1c2cccc3c2N2c4c(cccc4S3)CC21. The van der Waals surface area contributed by atoms with E-state index in [9.17, 15) is 0 Å². The van der Waals surface area contributed by atoms with Gasteiger partial charge < -0.3 is 9.80 Å². The summed E-state index contributed by atoms with van der Waals surface area (Å²) in [5.41, 5.74) is 5.82. The molecule has 0 aliphatic carbocycles. The molecule has 3 aliphatic heterocycles. The zero-order valence-corrected chi connectivity index (χ0v) is 12.4. The molecular weight excluding hydrogens is 264 g/mol. The van der Waals surface area contributed by atoms with E-state index in [0.29, 0.717) is 12.2 Å². The van der Waals surface area contributed by atoms with Crippen molar-refractivity contribution in [2.75, 3.05) is 9.80 Å². The molecule has 5 rings (SSSR count). The molecule has 0 saturated heterocycles. The molecule has 2 nitrogen and oxygen atoms in total. The molecule has 3 heterocycles. The Bertz CT molecular complexity index is 738. The van der Waals surface area contributed by atoms with Crippen molar-refractivity contribution in [3.05, 3.63) is 42.0 Å². The van der Waals surface area contributed by atoms with Crippen molar-refractivity contribution in [1.29, 1.82) is 0 Å². The first-order valence-corrected chi connectivity index (χ1v) is 8.07. The number of hydrogen-bond donors (Lipinski definition) is 0. The van der Waals surface area contributed by atoms with Gasteiger partial charge in [-0.05, 0) is 37.6 Å². The van der Waals surface area contributed by atoms with Crippen molar-refractivity contribution in [1.82, 2.24) is 0 Å². The molecule has 0 radical (unpaired) electrons. The van der Waals surface area contributed by atoms with E-state index in [1.54, 1.807) is 0 Å². The maximum absolute atomic E-state index is 2.59. The zero-order valence-electron chi connectivity index (χ0n) is 11.6. The summed E-state index contributed by atoms with van der Waals surface area (Å²) >= 11 is 1.93. The van der Waals surface area contributed by atoms with E-state index >= 15 is 0 Å². The van der Waals surface area contributed by atoms with Crippen LogP contribution >= 0.6 is 11.8 Å². The van der Waals surface area contributed by atoms with Crippen LogP contribution in [0.5, 0.6) is 0 Å². The van der Waals surface area contributed by atoms with Gasteiger partial charge in [0.15, 0.2) is 0 Å². The van der Waals surface area contributed by atoms with E-state index < -0.39 is 0 Å². The van der Waals surface area contributed by atoms with Crippen LogP contribution in [0.2, 0.25) is 0 Å². The Kier molecular flexibility index (Phi) is 1.96. The van der Waals surface area contributed by atoms with Crippen molar-refractivity contribution < 1.29 is 0 Å². The molecule has 0 saturated carbocycles. The lowest BCUT2D eigenvalue weighted by Crippen LogP contribution is -2.43. The summed E-state index contributed by atoms with van der Waals surface area (Å²) in [4.78, 5) is 8.00. The Hall–Kier alpha value is -1.61. The highest BCUT2D eigenvalue weighted by atomic mass is 32.2. The lowest BCUT2D eigenvalue weighted by Gasteiger charge is -2.32. The molecule has 1 atom stereocenters. The number of hydrogen-bond acceptors (Lipinski definition) is 3. The van der Waals surface area contributed by atoms with E-state index in [2.05, 4.69) is 60.0 Å². The second-order valence-corrected chi connectivity index (χ2v) is 7.13. The van der Waals surface area contributed by atoms with Gasteiger partial charge in [0.05, 0.1) is 17.1 Å². The van der Waals surface area contributed by atoms with E-state index in [4.69, 9.17) is 0 Å². The zero-order chi connectivity index (χ0) is 13.4. The highest BCUT2D eigenvalue weighted by molar-refractivity contribution is 7.99. The average molecular weight is 280 g/mol. The third kappa shape index (κ3) is 1.14. The molecule has 3 heteroatoms. The van der Waals surface area contributed by atoms with Crippen LogP contribution in [0, 0.1) is 0 Å². The number of para-hydroxylation sites is 2. The van der Waals surface area contributed by atoms with Crippen LogP contribution in [0.15, 0.2) is 46.2 Å². The summed E-state index contributed by atoms with van der Waals surface area (Å²) in [5.74, 6) is 0. The van der Waals surface area contributed by atoms with Crippen LogP contribution in [-0.2, 0) is 6.42 Å². The monoisotopic (exact) mass is 280 g/mol. The summed E-state index contributed by atoms with van der Waals surface area (Å²) in [7, 11) is 0. The van der Waals surface area contributed by atoms with E-state index in [-0.39, 0.29) is 0 Å². The van der Waals surface area contributed by atoms with Crippen LogP contribution in [0.4, 0.5) is 17.1 Å². The van der Waals surface area contributed by atoms with Gasteiger partial charge in [0, 0.05) is 22.3 Å². The first-order valence-electron chi connectivity index (χ1n) is 7.26. The normalized spacial score (nSPS) is 20.9. The van der Waals surface area contributed by atoms with Gasteiger partial charge in [0.1, 0.15) is 6.17 Å². The van der Waals surface area contributed by atoms with Gasteiger partial charge in [-0.1, -0.05) is 30.0 Å². The molecule has 0 spiro atoms. The minimum atomic E-state index is 0.475. The number of anilines is 3. The molecule has 100 valence electrons. The van der Waals surface area contributed by atoms with Gasteiger partial charge in [0.25, 0.3) is 0 Å². The largest absolute Gasteiger partial charge is 0.346 e. The Morgan fingerprint density at radius 2 is 1.80 bits per heavy atom. The Morgan fingerprint density at radius 3 is 2.60 bits per heavy atom. The third-order valence-corrected chi connectivity index (χ3v) is 5.72. The maximum Gasteiger partial charge on any atom is 0.111 e. The number of benzene rings is 2. The first kappa shape index (κ1) is 11.1. The van der Waals surface area contributed by atoms with Gasteiger partial charge in [-0.25, -0.2) is 0 Å². The molecule has 0 bridgehead atoms. The van der Waals surface area contributed by atoms with Crippen molar-refractivity contribution in [2.45, 2.75) is 42.3 Å². The maximum atomic E-state index is 2.59. The molecule has 3 aliphatic rings. The van der Waals surface area contributed by atoms with Crippen molar-refractivity contribution >= 4 is 28.8 Å². The average Bonchev–Trinajstić information content (AvgIpc) is 2.94. The van der Waals surface area contributed by atoms with Gasteiger partial charge in [-0.15, -0.1) is 0 Å². The Labute approximate surface area is 123 Å². The quantitative estimate of drug-likeness (QED) is 0.764. The Morgan fingerprint density at radius 1 is 1.05 bits per heavy atom. The predicted octanol–water partition coefficient (Wildman–Crippen LogP) is 4.40. The lowest BCUT2D eigenvalue weighted by atomic mass is 10.1. The van der Waals surface area contributed by atoms with Crippen molar-refractivity contribution in [3.8, 4) is 0 Å². The second-order valence-electron chi connectivity index (χ2n) is 6.05. The lowest BCUT2D eigenvalue weighted by molar-refractivity contribution is 0.588. The molecule has 0 aromatic heterocycles. The molecule has 1 unspecified atom stereocenters. The second kappa shape index (κ2) is 3.53. The van der Waals surface area contributed by atoms with Crippen molar-refractivity contribution in [2.24, 2.45) is 0 Å². The van der Waals surface area contributed by atoms with E-state index in [1.807, 2.05) is 11.8 Å². The van der Waals surface area contributed by atoms with E-state index in [1.165, 1.54) is 32.4 Å². The van der Waals surface area contributed by atoms with E-state index in [0.717, 1.165) is 6.42 Å². The van der Waals surface area contributed by atoms with Crippen LogP contribution in [-0.4, -0.2) is 12.2 Å². The summed E-state index contributed by atoms with van der Waals surface area (Å²) in [6, 6.07) is 14.0. The van der Waals surface area contributed by atoms with Crippen LogP contribution in [0.1, 0.15) is 19.4 Å². The van der Waals surface area contributed by atoms with Crippen LogP contribution < -0.4 is 9.80 Å². The summed E-state index contributed by atoms with van der Waals surface area (Å²) in [6.45, 7) is 4.60. The number of nitrogens with zero attached hydrogens (tertiary/aromatic N) is 2. The molecular formula is C17H16N2S. The molecule has 2 aromatic rings. The molecule has 0 amide bonds. The molecule has 2 aromatic carbocycles. The fourth-order valence-corrected chi connectivity index (χ4v) is 5.11. The summed E-state index contributed by atoms with van der Waals surface area (Å²) in [6.07, 6.45) is 1.61. The first-order chi connectivity index (χ1) is 9.75. The van der Waals surface area contributed by atoms with Gasteiger partial charge in [-0.2, -0.15) is 0 Å². The molecule has 0 fully saturated rings. The molecule has 0 N–H and O–H groups in total. The minimum absolute atomic E-state index is 0.475. The summed E-state index contributed by atoms with van der Waals surface area (Å²) < 4.78 is 0. The smallest absolute Gasteiger partial charge is 0.111 e. The van der Waals surface area contributed by atoms with Gasteiger partial charge >= 0.3 is 0 Å². The van der Waals surface area contributed by atoms with Crippen molar-refractivity contribution in [3.63, 3.8) is 0 Å². The fourth-order valence-electron chi connectivity index (χ4n) is 3.95. The van der Waals surface area contributed by atoms with Gasteiger partial charge in [-0.3, -0.25) is 0 Å². The highest BCUT2D eigenvalue weighted by Crippen LogP contribution is 2.60. The summed E-state index contributed by atoms with van der Waals surface area (Å²) in [5, 5.41) is 0. The van der Waals surface area contributed by atoms with Crippen LogP contribution in [0.3, 0.4) is 0 Å². The topological polar surface area (TPSA) is 6.48 Å². The van der Waals surface area contributed by atoms with Crippen LogP contribution in [0.25, 0.3) is 0 Å². The molecule has 20 heavy (non-hydrogen) atoms. The Balaban J connectivity index is 1.85. The fraction of sp³-hybridized carbons (Fsp3) is 0.294. The predicted molar refractivity (Wildman–Crippen MR) is 84.3 cm³/mol. The number of rotatable bonds is 1. The minimum Gasteiger partial charge on any atom is -0.346 e. The standard InChI is InChI=1S/C17H16N2S/c1-10(2)18-12-6-4-8-14-17(12)19-15(18)9-11-5-3-7-13(20-14)16(11)19/h3-8,10,15H,9H2,1-2H3. The third-order valence-electron chi connectivity index (χ3n) is 4.62. The highest BCUT2D eigenvalue weighted by Gasteiger charge is 2.47. The van der Waals surface area contributed by atoms with Gasteiger partial charge in [0.2, 0.25) is 0 Å².